The average molecular weight is 290 g/mol. The number of nitrogens with two attached hydrogens (primary N) is 1. The van der Waals surface area contributed by atoms with Crippen LogP contribution in [-0.4, -0.2) is 0 Å². The highest BCUT2D eigenvalue weighted by Crippen LogP contribution is 2.36. The number of rotatable bonds is 1. The minimum absolute atomic E-state index is 0.0647. The quantitative estimate of drug-likeness (QED) is 0.595. The van der Waals surface area contributed by atoms with E-state index in [2.05, 4.69) is 0 Å². The SMILES string of the molecule is Nc1cc(-c2cc(F)ccc2Cl)cc(C(F)(F)F)c1. The molecule has 0 spiro atoms. The zero-order valence-corrected chi connectivity index (χ0v) is 10.2. The highest BCUT2D eigenvalue weighted by Gasteiger charge is 2.31. The van der Waals surface area contributed by atoms with Gasteiger partial charge in [-0.05, 0) is 42.0 Å². The Morgan fingerprint density at radius 1 is 1.00 bits per heavy atom. The maximum Gasteiger partial charge on any atom is 0.416 e. The van der Waals surface area contributed by atoms with Gasteiger partial charge in [0.05, 0.1) is 5.56 Å². The summed E-state index contributed by atoms with van der Waals surface area (Å²) in [6.07, 6.45) is -4.52. The van der Waals surface area contributed by atoms with E-state index in [0.717, 1.165) is 24.3 Å². The van der Waals surface area contributed by atoms with Crippen molar-refractivity contribution in [3.05, 3.63) is 52.8 Å². The fourth-order valence-electron chi connectivity index (χ4n) is 1.69. The van der Waals surface area contributed by atoms with Gasteiger partial charge in [-0.1, -0.05) is 11.6 Å². The highest BCUT2D eigenvalue weighted by molar-refractivity contribution is 6.33. The molecule has 19 heavy (non-hydrogen) atoms. The van der Waals surface area contributed by atoms with Gasteiger partial charge in [-0.25, -0.2) is 4.39 Å². The second-order valence-electron chi connectivity index (χ2n) is 3.97. The van der Waals surface area contributed by atoms with Gasteiger partial charge in [0, 0.05) is 16.3 Å². The smallest absolute Gasteiger partial charge is 0.399 e. The van der Waals surface area contributed by atoms with Gasteiger partial charge in [-0.2, -0.15) is 13.2 Å². The van der Waals surface area contributed by atoms with Crippen molar-refractivity contribution < 1.29 is 17.6 Å². The molecule has 0 amide bonds. The van der Waals surface area contributed by atoms with Crippen LogP contribution in [0.15, 0.2) is 36.4 Å². The molecule has 0 heterocycles. The summed E-state index contributed by atoms with van der Waals surface area (Å²) in [5.74, 6) is -0.588. The van der Waals surface area contributed by atoms with E-state index in [9.17, 15) is 17.6 Å². The number of anilines is 1. The number of benzene rings is 2. The molecule has 0 aromatic heterocycles. The van der Waals surface area contributed by atoms with E-state index < -0.39 is 17.6 Å². The fourth-order valence-corrected chi connectivity index (χ4v) is 1.92. The molecule has 2 N–H and O–H groups in total. The van der Waals surface area contributed by atoms with E-state index in [1.807, 2.05) is 0 Å². The zero-order valence-electron chi connectivity index (χ0n) is 9.43. The maximum absolute atomic E-state index is 13.2. The van der Waals surface area contributed by atoms with Crippen molar-refractivity contribution >= 4 is 17.3 Å². The van der Waals surface area contributed by atoms with Crippen LogP contribution < -0.4 is 5.73 Å². The van der Waals surface area contributed by atoms with Crippen LogP contribution in [0, 0.1) is 5.82 Å². The third kappa shape index (κ3) is 2.98. The lowest BCUT2D eigenvalue weighted by Crippen LogP contribution is -2.06. The van der Waals surface area contributed by atoms with E-state index in [4.69, 9.17) is 17.3 Å². The van der Waals surface area contributed by atoms with E-state index in [1.54, 1.807) is 0 Å². The molecule has 0 bridgehead atoms. The monoisotopic (exact) mass is 289 g/mol. The van der Waals surface area contributed by atoms with Crippen LogP contribution in [0.5, 0.6) is 0 Å². The molecular formula is C13H8ClF4N. The lowest BCUT2D eigenvalue weighted by Gasteiger charge is -2.11. The molecule has 1 nitrogen and oxygen atoms in total. The van der Waals surface area contributed by atoms with Gasteiger partial charge < -0.3 is 5.73 Å². The standard InChI is InChI=1S/C13H8ClF4N/c14-12-2-1-9(15)6-11(12)7-3-8(13(16,17)18)5-10(19)4-7/h1-6H,19H2. The maximum atomic E-state index is 13.2. The second kappa shape index (κ2) is 4.74. The summed E-state index contributed by atoms with van der Waals surface area (Å²) in [4.78, 5) is 0. The Morgan fingerprint density at radius 2 is 1.68 bits per heavy atom. The van der Waals surface area contributed by atoms with E-state index in [1.165, 1.54) is 12.1 Å². The first-order valence-corrected chi connectivity index (χ1v) is 5.58. The second-order valence-corrected chi connectivity index (χ2v) is 4.37. The highest BCUT2D eigenvalue weighted by atomic mass is 35.5. The number of hydrogen-bond donors (Lipinski definition) is 1. The van der Waals surface area contributed by atoms with Crippen LogP contribution >= 0.6 is 11.6 Å². The molecule has 0 aliphatic heterocycles. The van der Waals surface area contributed by atoms with Crippen molar-refractivity contribution in [1.29, 1.82) is 0 Å². The van der Waals surface area contributed by atoms with Crippen molar-refractivity contribution in [2.75, 3.05) is 5.73 Å². The molecule has 0 aliphatic carbocycles. The first kappa shape index (κ1) is 13.7. The Balaban J connectivity index is 2.63. The van der Waals surface area contributed by atoms with Crippen molar-refractivity contribution in [1.82, 2.24) is 0 Å². The molecular weight excluding hydrogens is 282 g/mol. The summed E-state index contributed by atoms with van der Waals surface area (Å²) in [5, 5.41) is 0.153. The molecule has 0 aliphatic rings. The summed E-state index contributed by atoms with van der Waals surface area (Å²) < 4.78 is 51.2. The summed E-state index contributed by atoms with van der Waals surface area (Å²) in [6, 6.07) is 6.49. The van der Waals surface area contributed by atoms with Gasteiger partial charge in [0.1, 0.15) is 5.82 Å². The molecule has 2 aromatic rings. The molecule has 6 heteroatoms. The van der Waals surface area contributed by atoms with Crippen LogP contribution in [0.3, 0.4) is 0 Å². The number of alkyl halides is 3. The Morgan fingerprint density at radius 3 is 2.32 bits per heavy atom. The predicted octanol–water partition coefficient (Wildman–Crippen LogP) is 4.75. The van der Waals surface area contributed by atoms with Crippen LogP contribution in [0.2, 0.25) is 5.02 Å². The van der Waals surface area contributed by atoms with Crippen molar-refractivity contribution in [2.45, 2.75) is 6.18 Å². The minimum Gasteiger partial charge on any atom is -0.399 e. The normalized spacial score (nSPS) is 11.6. The minimum atomic E-state index is -4.52. The zero-order chi connectivity index (χ0) is 14.2. The molecule has 0 radical (unpaired) electrons. The third-order valence-electron chi connectivity index (χ3n) is 2.52. The molecule has 2 rings (SSSR count). The number of hydrogen-bond acceptors (Lipinski definition) is 1. The molecule has 0 fully saturated rings. The van der Waals surface area contributed by atoms with E-state index in [-0.39, 0.29) is 21.8 Å². The molecule has 0 saturated carbocycles. The summed E-state index contributed by atoms with van der Waals surface area (Å²) >= 11 is 5.86. The molecule has 0 atom stereocenters. The van der Waals surface area contributed by atoms with Crippen LogP contribution in [0.4, 0.5) is 23.2 Å². The van der Waals surface area contributed by atoms with Gasteiger partial charge in [-0.15, -0.1) is 0 Å². The van der Waals surface area contributed by atoms with Crippen molar-refractivity contribution in [3.8, 4) is 11.1 Å². The van der Waals surface area contributed by atoms with Crippen LogP contribution in [0.25, 0.3) is 11.1 Å². The Bertz CT molecular complexity index is 623. The largest absolute Gasteiger partial charge is 0.416 e. The van der Waals surface area contributed by atoms with Crippen molar-refractivity contribution in [3.63, 3.8) is 0 Å². The number of halogens is 5. The van der Waals surface area contributed by atoms with Gasteiger partial charge in [-0.3, -0.25) is 0 Å². The molecule has 0 unspecified atom stereocenters. The summed E-state index contributed by atoms with van der Waals surface area (Å²) in [5.41, 5.74) is 4.77. The Labute approximate surface area is 111 Å². The first-order chi connectivity index (χ1) is 8.77. The topological polar surface area (TPSA) is 26.0 Å². The average Bonchev–Trinajstić information content (AvgIpc) is 2.30. The third-order valence-corrected chi connectivity index (χ3v) is 2.85. The van der Waals surface area contributed by atoms with Crippen LogP contribution in [0.1, 0.15) is 5.56 Å². The summed E-state index contributed by atoms with van der Waals surface area (Å²) in [7, 11) is 0. The van der Waals surface area contributed by atoms with Gasteiger partial charge in [0.25, 0.3) is 0 Å². The Kier molecular flexibility index (Phi) is 3.41. The fraction of sp³-hybridized carbons (Fsp3) is 0.0769. The molecule has 2 aromatic carbocycles. The molecule has 100 valence electrons. The lowest BCUT2D eigenvalue weighted by atomic mass is 10.0. The van der Waals surface area contributed by atoms with Gasteiger partial charge in [0.15, 0.2) is 0 Å². The van der Waals surface area contributed by atoms with Gasteiger partial charge >= 0.3 is 6.18 Å². The first-order valence-electron chi connectivity index (χ1n) is 5.20. The van der Waals surface area contributed by atoms with E-state index >= 15 is 0 Å². The summed E-state index contributed by atoms with van der Waals surface area (Å²) in [6.45, 7) is 0. The van der Waals surface area contributed by atoms with E-state index in [0.29, 0.717) is 0 Å². The lowest BCUT2D eigenvalue weighted by molar-refractivity contribution is -0.137. The molecule has 0 saturated heterocycles. The van der Waals surface area contributed by atoms with Crippen LogP contribution in [-0.2, 0) is 6.18 Å². The van der Waals surface area contributed by atoms with Gasteiger partial charge in [0.2, 0.25) is 0 Å². The number of nitrogen functional groups attached to an aromatic ring is 1. The van der Waals surface area contributed by atoms with Crippen molar-refractivity contribution in [2.24, 2.45) is 0 Å². The predicted molar refractivity (Wildman–Crippen MR) is 66.3 cm³/mol. The Hall–Kier alpha value is -1.75.